The summed E-state index contributed by atoms with van der Waals surface area (Å²) in [4.78, 5) is 24.6. The van der Waals surface area contributed by atoms with Gasteiger partial charge >= 0.3 is 0 Å². The molecular weight excluding hydrogens is 422 g/mol. The number of aromatic nitrogens is 2. The van der Waals surface area contributed by atoms with Crippen LogP contribution in [0.25, 0.3) is 0 Å². The van der Waals surface area contributed by atoms with Crippen molar-refractivity contribution in [3.8, 4) is 5.88 Å². The molecule has 1 aliphatic rings. The van der Waals surface area contributed by atoms with Gasteiger partial charge in [-0.25, -0.2) is 4.98 Å². The number of thioether (sulfide) groups is 1. The molecule has 0 aliphatic carbocycles. The molecule has 3 heterocycles. The van der Waals surface area contributed by atoms with Crippen molar-refractivity contribution in [2.24, 2.45) is 0 Å². The molecule has 0 radical (unpaired) electrons. The lowest BCUT2D eigenvalue weighted by atomic mass is 10.1. The molecule has 0 bridgehead atoms. The predicted octanol–water partition coefficient (Wildman–Crippen LogP) is 3.43. The third-order valence-electron chi connectivity index (χ3n) is 4.76. The second kappa shape index (κ2) is 12.2. The lowest BCUT2D eigenvalue weighted by molar-refractivity contribution is -0.140. The predicted molar refractivity (Wildman–Crippen MR) is 118 cm³/mol. The number of rotatable bonds is 11. The number of amides is 1. The van der Waals surface area contributed by atoms with Crippen LogP contribution >= 0.6 is 23.1 Å². The van der Waals surface area contributed by atoms with E-state index in [0.29, 0.717) is 50.4 Å². The summed E-state index contributed by atoms with van der Waals surface area (Å²) in [5, 5.41) is 2.74. The molecule has 30 heavy (non-hydrogen) atoms. The molecule has 2 aromatic heterocycles. The second-order valence-electron chi connectivity index (χ2n) is 7.05. The maximum absolute atomic E-state index is 12.6. The third-order valence-corrected chi connectivity index (χ3v) is 6.25. The van der Waals surface area contributed by atoms with Crippen LogP contribution in [0.3, 0.4) is 0 Å². The molecule has 1 atom stereocenters. The van der Waals surface area contributed by atoms with Crippen LogP contribution in [-0.4, -0.2) is 66.5 Å². The molecule has 9 heteroatoms. The first-order chi connectivity index (χ1) is 14.7. The average molecular weight is 452 g/mol. The number of morpholine rings is 1. The molecule has 7 nitrogen and oxygen atoms in total. The maximum Gasteiger partial charge on any atom is 0.222 e. The maximum atomic E-state index is 12.6. The number of unbranched alkanes of at least 4 members (excludes halogenated alkanes) is 1. The molecule has 0 spiro atoms. The average Bonchev–Trinajstić information content (AvgIpc) is 3.29. The number of nitrogens with zero attached hydrogens (tertiary/aromatic N) is 3. The third kappa shape index (κ3) is 7.23. The number of carbonyl (C=O) groups is 1. The molecule has 3 rings (SSSR count). The van der Waals surface area contributed by atoms with Crippen LogP contribution in [0.5, 0.6) is 5.88 Å². The van der Waals surface area contributed by atoms with Crippen LogP contribution in [0.2, 0.25) is 0 Å². The second-order valence-corrected chi connectivity index (χ2v) is 8.85. The molecule has 164 valence electrons. The highest BCUT2D eigenvalue weighted by Gasteiger charge is 2.24. The van der Waals surface area contributed by atoms with E-state index in [1.165, 1.54) is 16.6 Å². The van der Waals surface area contributed by atoms with Crippen molar-refractivity contribution in [2.45, 2.75) is 43.6 Å². The van der Waals surface area contributed by atoms with E-state index in [9.17, 15) is 4.79 Å². The molecule has 1 fully saturated rings. The highest BCUT2D eigenvalue weighted by atomic mass is 32.2. The summed E-state index contributed by atoms with van der Waals surface area (Å²) in [5.41, 5.74) is 0.774. The number of methoxy groups -OCH3 is 1. The fraction of sp³-hybridized carbons (Fsp3) is 0.571. The van der Waals surface area contributed by atoms with Crippen molar-refractivity contribution in [1.82, 2.24) is 14.9 Å². The standard InChI is InChI=1S/C21H29N3O4S2/c1-26-14-16-12-19(23-21(22-16)29-2)28-15-17-13-24(9-10-27-17)20(25)8-4-3-6-18-7-5-11-30-18/h5,7,11-12,17H,3-4,6,8-10,13-15H2,1-2H3. The fourth-order valence-corrected chi connectivity index (χ4v) is 4.39. The van der Waals surface area contributed by atoms with Crippen LogP contribution < -0.4 is 4.74 Å². The number of hydrogen-bond acceptors (Lipinski definition) is 8. The van der Waals surface area contributed by atoms with Crippen LogP contribution in [0.4, 0.5) is 0 Å². The van der Waals surface area contributed by atoms with Gasteiger partial charge in [-0.05, 0) is 37.0 Å². The molecule has 0 aromatic carbocycles. The Morgan fingerprint density at radius 2 is 2.30 bits per heavy atom. The fourth-order valence-electron chi connectivity index (χ4n) is 3.25. The minimum atomic E-state index is -0.160. The molecule has 2 aromatic rings. The number of ether oxygens (including phenoxy) is 3. The van der Waals surface area contributed by atoms with Gasteiger partial charge in [-0.3, -0.25) is 4.79 Å². The van der Waals surface area contributed by atoms with Gasteiger partial charge in [0.1, 0.15) is 12.7 Å². The van der Waals surface area contributed by atoms with Gasteiger partial charge in [0.2, 0.25) is 11.8 Å². The van der Waals surface area contributed by atoms with E-state index in [0.717, 1.165) is 25.0 Å². The van der Waals surface area contributed by atoms with Crippen molar-refractivity contribution >= 4 is 29.0 Å². The molecule has 1 amide bonds. The Balaban J connectivity index is 1.43. The first-order valence-electron chi connectivity index (χ1n) is 10.1. The topological polar surface area (TPSA) is 73.8 Å². The van der Waals surface area contributed by atoms with Crippen molar-refractivity contribution in [3.63, 3.8) is 0 Å². The Morgan fingerprint density at radius 3 is 3.07 bits per heavy atom. The summed E-state index contributed by atoms with van der Waals surface area (Å²) in [6.45, 7) is 2.47. The van der Waals surface area contributed by atoms with E-state index in [4.69, 9.17) is 14.2 Å². The quantitative estimate of drug-likeness (QED) is 0.294. The zero-order valence-electron chi connectivity index (χ0n) is 17.5. The van der Waals surface area contributed by atoms with Gasteiger partial charge in [0.05, 0.1) is 25.5 Å². The van der Waals surface area contributed by atoms with Gasteiger partial charge in [0, 0.05) is 31.0 Å². The number of thiophene rings is 1. The highest BCUT2D eigenvalue weighted by Crippen LogP contribution is 2.18. The summed E-state index contributed by atoms with van der Waals surface area (Å²) in [5.74, 6) is 0.700. The molecular formula is C21H29N3O4S2. The van der Waals surface area contributed by atoms with E-state index < -0.39 is 0 Å². The van der Waals surface area contributed by atoms with E-state index in [2.05, 4.69) is 27.5 Å². The minimum absolute atomic E-state index is 0.160. The Kier molecular flexibility index (Phi) is 9.38. The molecule has 0 saturated carbocycles. The Bertz CT molecular complexity index is 789. The van der Waals surface area contributed by atoms with Gasteiger partial charge in [-0.1, -0.05) is 17.8 Å². The molecule has 0 N–H and O–H groups in total. The first kappa shape index (κ1) is 23.0. The largest absolute Gasteiger partial charge is 0.475 e. The lowest BCUT2D eigenvalue weighted by Crippen LogP contribution is -2.47. The summed E-state index contributed by atoms with van der Waals surface area (Å²) in [6.07, 6.45) is 5.35. The lowest BCUT2D eigenvalue weighted by Gasteiger charge is -2.32. The van der Waals surface area contributed by atoms with Crippen molar-refractivity contribution < 1.29 is 19.0 Å². The smallest absolute Gasteiger partial charge is 0.222 e. The Labute approximate surface area is 186 Å². The minimum Gasteiger partial charge on any atom is -0.475 e. The number of hydrogen-bond donors (Lipinski definition) is 0. The van der Waals surface area contributed by atoms with E-state index >= 15 is 0 Å². The van der Waals surface area contributed by atoms with Gasteiger partial charge in [0.15, 0.2) is 5.16 Å². The molecule has 1 aliphatic heterocycles. The highest BCUT2D eigenvalue weighted by molar-refractivity contribution is 7.98. The SMILES string of the molecule is COCc1cc(OCC2CN(C(=O)CCCCc3cccs3)CCO2)nc(SC)n1. The van der Waals surface area contributed by atoms with Crippen LogP contribution in [0, 0.1) is 0 Å². The van der Waals surface area contributed by atoms with E-state index in [-0.39, 0.29) is 12.0 Å². The summed E-state index contributed by atoms with van der Waals surface area (Å²) in [6, 6.07) is 6.00. The Hall–Kier alpha value is -1.68. The van der Waals surface area contributed by atoms with Gasteiger partial charge < -0.3 is 19.1 Å². The van der Waals surface area contributed by atoms with Crippen molar-refractivity contribution in [3.05, 3.63) is 34.2 Å². The zero-order valence-corrected chi connectivity index (χ0v) is 19.2. The summed E-state index contributed by atoms with van der Waals surface area (Å²) >= 11 is 3.23. The van der Waals surface area contributed by atoms with Gasteiger partial charge in [-0.15, -0.1) is 11.3 Å². The number of carbonyl (C=O) groups excluding carboxylic acids is 1. The number of aryl methyl sites for hydroxylation is 1. The molecule has 1 unspecified atom stereocenters. The van der Waals surface area contributed by atoms with E-state index in [1.807, 2.05) is 11.2 Å². The van der Waals surface area contributed by atoms with Crippen LogP contribution in [0.1, 0.15) is 29.8 Å². The zero-order chi connectivity index (χ0) is 21.2. The van der Waals surface area contributed by atoms with Crippen molar-refractivity contribution in [1.29, 1.82) is 0 Å². The first-order valence-corrected chi connectivity index (χ1v) is 12.2. The van der Waals surface area contributed by atoms with Gasteiger partial charge in [-0.2, -0.15) is 4.98 Å². The Morgan fingerprint density at radius 1 is 1.40 bits per heavy atom. The van der Waals surface area contributed by atoms with Crippen LogP contribution in [0.15, 0.2) is 28.7 Å². The van der Waals surface area contributed by atoms with Gasteiger partial charge in [0.25, 0.3) is 0 Å². The van der Waals surface area contributed by atoms with E-state index in [1.54, 1.807) is 24.5 Å². The molecule has 1 saturated heterocycles. The normalized spacial score (nSPS) is 16.6. The van der Waals surface area contributed by atoms with Crippen LogP contribution in [-0.2, 0) is 27.3 Å². The summed E-state index contributed by atoms with van der Waals surface area (Å²) in [7, 11) is 1.63. The van der Waals surface area contributed by atoms with Crippen molar-refractivity contribution in [2.75, 3.05) is 39.7 Å². The monoisotopic (exact) mass is 451 g/mol. The summed E-state index contributed by atoms with van der Waals surface area (Å²) < 4.78 is 16.8.